The zero-order valence-corrected chi connectivity index (χ0v) is 21.3. The van der Waals surface area contributed by atoms with Crippen LogP contribution in [0.4, 0.5) is 11.5 Å². The average Bonchev–Trinajstić information content (AvgIpc) is 3.65. The first kappa shape index (κ1) is 20.6. The van der Waals surface area contributed by atoms with Crippen molar-refractivity contribution in [3.8, 4) is 11.1 Å². The fourth-order valence-corrected chi connectivity index (χ4v) is 6.90. The predicted octanol–water partition coefficient (Wildman–Crippen LogP) is 9.40. The van der Waals surface area contributed by atoms with E-state index in [4.69, 9.17) is 9.41 Å². The second-order valence-electron chi connectivity index (χ2n) is 10.9. The molecule has 3 aromatic heterocycles. The highest BCUT2D eigenvalue weighted by molar-refractivity contribution is 6.29. The maximum absolute atomic E-state index is 6.33. The number of hydrogen-bond acceptors (Lipinski definition) is 3. The number of para-hydroxylation sites is 1. The maximum atomic E-state index is 6.33. The van der Waals surface area contributed by atoms with Crippen molar-refractivity contribution >= 4 is 77.1 Å². The number of benzene rings is 5. The third-order valence-corrected chi connectivity index (χ3v) is 8.69. The Labute approximate surface area is 228 Å². The molecule has 2 aliphatic rings. The number of nitrogens with zero attached hydrogens (tertiary/aromatic N) is 2. The van der Waals surface area contributed by atoms with Crippen molar-refractivity contribution in [2.24, 2.45) is 4.99 Å². The molecule has 1 unspecified atom stereocenters. The van der Waals surface area contributed by atoms with Crippen molar-refractivity contribution in [2.75, 3.05) is 5.32 Å². The summed E-state index contributed by atoms with van der Waals surface area (Å²) in [7, 11) is 0. The summed E-state index contributed by atoms with van der Waals surface area (Å²) in [5.74, 6) is 0.953. The molecule has 0 radical (unpaired) electrons. The molecule has 0 saturated carbocycles. The molecule has 4 heterocycles. The summed E-state index contributed by atoms with van der Waals surface area (Å²) in [5, 5.41) is 12.2. The van der Waals surface area contributed by atoms with Crippen molar-refractivity contribution in [3.05, 3.63) is 115 Å². The van der Waals surface area contributed by atoms with E-state index in [1.54, 1.807) is 0 Å². The molecule has 0 spiro atoms. The van der Waals surface area contributed by atoms with Crippen molar-refractivity contribution in [1.29, 1.82) is 0 Å². The van der Waals surface area contributed by atoms with Crippen LogP contribution in [0.15, 0.2) is 125 Å². The van der Waals surface area contributed by atoms with Gasteiger partial charge in [-0.05, 0) is 64.4 Å². The van der Waals surface area contributed by atoms with E-state index in [2.05, 4.69) is 113 Å². The van der Waals surface area contributed by atoms with Crippen molar-refractivity contribution < 1.29 is 4.42 Å². The summed E-state index contributed by atoms with van der Waals surface area (Å²) < 4.78 is 8.69. The van der Waals surface area contributed by atoms with Crippen LogP contribution < -0.4 is 5.32 Å². The quantitative estimate of drug-likeness (QED) is 0.238. The monoisotopic (exact) mass is 511 g/mol. The molecule has 4 heteroatoms. The van der Waals surface area contributed by atoms with Crippen LogP contribution in [-0.4, -0.2) is 16.2 Å². The Morgan fingerprint density at radius 1 is 0.675 bits per heavy atom. The molecule has 10 rings (SSSR count). The van der Waals surface area contributed by atoms with Gasteiger partial charge in [0.05, 0.1) is 33.9 Å². The normalized spacial score (nSPS) is 16.4. The highest BCUT2D eigenvalue weighted by Crippen LogP contribution is 2.50. The van der Waals surface area contributed by atoms with Gasteiger partial charge in [-0.1, -0.05) is 72.8 Å². The number of hydrogen-bond donors (Lipinski definition) is 1. The average molecular weight is 512 g/mol. The van der Waals surface area contributed by atoms with Gasteiger partial charge in [0, 0.05) is 21.5 Å². The Morgan fingerprint density at radius 3 is 2.52 bits per heavy atom. The molecule has 0 bridgehead atoms. The fraction of sp³-hybridized carbons (Fsp3) is 0.0278. The van der Waals surface area contributed by atoms with Gasteiger partial charge >= 0.3 is 0 Å². The predicted molar refractivity (Wildman–Crippen MR) is 167 cm³/mol. The summed E-state index contributed by atoms with van der Waals surface area (Å²) >= 11 is 0. The Kier molecular flexibility index (Phi) is 3.70. The van der Waals surface area contributed by atoms with E-state index in [-0.39, 0.29) is 6.04 Å². The molecule has 0 fully saturated rings. The molecule has 4 nitrogen and oxygen atoms in total. The molecule has 1 aliphatic carbocycles. The van der Waals surface area contributed by atoms with Crippen LogP contribution >= 0.6 is 0 Å². The van der Waals surface area contributed by atoms with Gasteiger partial charge in [0.25, 0.3) is 0 Å². The van der Waals surface area contributed by atoms with Crippen LogP contribution in [0.25, 0.3) is 71.0 Å². The Hall–Kier alpha value is -5.35. The molecule has 0 saturated heterocycles. The van der Waals surface area contributed by atoms with Crippen LogP contribution in [0.3, 0.4) is 0 Å². The SMILES string of the molecule is C1=CC2=Nc3c(c4cc(-c5ccc6ccccc6c5)cc5c6ccc7oc8ccccc8c7c6n3c45)NC2C=C1. The molecule has 1 aliphatic heterocycles. The molecule has 0 amide bonds. The highest BCUT2D eigenvalue weighted by Gasteiger charge is 2.30. The maximum Gasteiger partial charge on any atom is 0.162 e. The van der Waals surface area contributed by atoms with Crippen molar-refractivity contribution in [1.82, 2.24) is 4.40 Å². The van der Waals surface area contributed by atoms with Crippen molar-refractivity contribution in [2.45, 2.75) is 6.04 Å². The second-order valence-corrected chi connectivity index (χ2v) is 10.9. The standard InChI is InChI=1S/C36H21N3O/c1-2-8-21-17-22(14-13-20(21)7-1)23-18-26-24-15-16-31-32(25-9-3-6-12-30(25)40-31)35(24)39-34(26)27(19-23)33-36(39)38-29-11-5-4-10-28(29)37-33/h1-19,28,37H. The minimum atomic E-state index is 0.0637. The second kappa shape index (κ2) is 7.19. The van der Waals surface area contributed by atoms with E-state index < -0.39 is 0 Å². The van der Waals surface area contributed by atoms with Gasteiger partial charge in [0.15, 0.2) is 5.82 Å². The van der Waals surface area contributed by atoms with Crippen molar-refractivity contribution in [3.63, 3.8) is 0 Å². The number of rotatable bonds is 1. The number of anilines is 1. The fourth-order valence-electron chi connectivity index (χ4n) is 6.90. The van der Waals surface area contributed by atoms with Gasteiger partial charge in [0.2, 0.25) is 0 Å². The Morgan fingerprint density at radius 2 is 1.55 bits per heavy atom. The van der Waals surface area contributed by atoms with Crippen LogP contribution in [0.2, 0.25) is 0 Å². The van der Waals surface area contributed by atoms with Crippen LogP contribution in [0, 0.1) is 0 Å². The zero-order chi connectivity index (χ0) is 25.9. The first-order valence-electron chi connectivity index (χ1n) is 13.7. The van der Waals surface area contributed by atoms with E-state index in [9.17, 15) is 0 Å². The summed E-state index contributed by atoms with van der Waals surface area (Å²) in [6, 6.07) is 32.7. The topological polar surface area (TPSA) is 41.9 Å². The third-order valence-electron chi connectivity index (χ3n) is 8.69. The summed E-state index contributed by atoms with van der Waals surface area (Å²) in [6.07, 6.45) is 8.44. The van der Waals surface area contributed by atoms with E-state index in [1.807, 2.05) is 12.1 Å². The number of aliphatic imine (C=N–C) groups is 1. The van der Waals surface area contributed by atoms with Gasteiger partial charge in [-0.15, -0.1) is 0 Å². The molecule has 5 aromatic carbocycles. The minimum Gasteiger partial charge on any atom is -0.456 e. The lowest BCUT2D eigenvalue weighted by atomic mass is 9.97. The summed E-state index contributed by atoms with van der Waals surface area (Å²) in [5.41, 5.74) is 8.68. The summed E-state index contributed by atoms with van der Waals surface area (Å²) in [4.78, 5) is 5.27. The number of furan rings is 1. The lowest BCUT2D eigenvalue weighted by molar-refractivity contribution is 0.669. The van der Waals surface area contributed by atoms with Crippen LogP contribution in [-0.2, 0) is 0 Å². The number of fused-ring (bicyclic) bond motifs is 12. The molecule has 1 N–H and O–H groups in total. The molecule has 186 valence electrons. The number of allylic oxidation sites excluding steroid dienone is 2. The van der Waals surface area contributed by atoms with Crippen LogP contribution in [0.1, 0.15) is 0 Å². The van der Waals surface area contributed by atoms with Gasteiger partial charge in [0.1, 0.15) is 11.2 Å². The molecule has 1 atom stereocenters. The smallest absolute Gasteiger partial charge is 0.162 e. The van der Waals surface area contributed by atoms with E-state index >= 15 is 0 Å². The van der Waals surface area contributed by atoms with E-state index in [1.165, 1.54) is 43.6 Å². The first-order chi connectivity index (χ1) is 19.8. The minimum absolute atomic E-state index is 0.0637. The Bertz CT molecular complexity index is 2470. The van der Waals surface area contributed by atoms with E-state index in [0.29, 0.717) is 0 Å². The molecular formula is C36H21N3O. The lowest BCUT2D eigenvalue weighted by Crippen LogP contribution is -2.29. The van der Waals surface area contributed by atoms with Gasteiger partial charge in [-0.3, -0.25) is 4.40 Å². The third kappa shape index (κ3) is 2.53. The van der Waals surface area contributed by atoms with Crippen LogP contribution in [0.5, 0.6) is 0 Å². The Balaban J connectivity index is 1.40. The van der Waals surface area contributed by atoms with Gasteiger partial charge in [-0.2, -0.15) is 0 Å². The number of nitrogens with one attached hydrogen (secondary N) is 1. The van der Waals surface area contributed by atoms with E-state index in [0.717, 1.165) is 44.7 Å². The molecule has 40 heavy (non-hydrogen) atoms. The molecular weight excluding hydrogens is 490 g/mol. The van der Waals surface area contributed by atoms with Gasteiger partial charge < -0.3 is 9.73 Å². The number of aromatic nitrogens is 1. The highest BCUT2D eigenvalue weighted by atomic mass is 16.3. The van der Waals surface area contributed by atoms with Gasteiger partial charge in [-0.25, -0.2) is 4.99 Å². The first-order valence-corrected chi connectivity index (χ1v) is 13.7. The summed E-state index contributed by atoms with van der Waals surface area (Å²) in [6.45, 7) is 0. The lowest BCUT2D eigenvalue weighted by Gasteiger charge is -2.23. The zero-order valence-electron chi connectivity index (χ0n) is 21.3. The molecule has 8 aromatic rings. The largest absolute Gasteiger partial charge is 0.456 e.